The van der Waals surface area contributed by atoms with Crippen molar-refractivity contribution in [3.8, 4) is 0 Å². The summed E-state index contributed by atoms with van der Waals surface area (Å²) < 4.78 is 4.94. The molecule has 13 heavy (non-hydrogen) atoms. The predicted molar refractivity (Wildman–Crippen MR) is 51.3 cm³/mol. The Bertz CT molecular complexity index is 164. The van der Waals surface area contributed by atoms with Crippen LogP contribution in [0.25, 0.3) is 0 Å². The molecule has 1 aliphatic rings. The van der Waals surface area contributed by atoms with Gasteiger partial charge in [-0.15, -0.1) is 0 Å². The summed E-state index contributed by atoms with van der Waals surface area (Å²) in [4.78, 5) is 12.7. The Morgan fingerprint density at radius 2 is 2.00 bits per heavy atom. The lowest BCUT2D eigenvalue weighted by atomic mass is 9.95. The van der Waals surface area contributed by atoms with Gasteiger partial charge in [-0.25, -0.2) is 0 Å². The molecule has 76 valence electrons. The Kier molecular flexibility index (Phi) is 4.22. The van der Waals surface area contributed by atoms with Crippen LogP contribution in [0.2, 0.25) is 0 Å². The molecule has 0 unspecified atom stereocenters. The Morgan fingerprint density at radius 1 is 1.38 bits per heavy atom. The van der Waals surface area contributed by atoms with Crippen LogP contribution >= 0.6 is 0 Å². The van der Waals surface area contributed by atoms with E-state index in [0.29, 0.717) is 12.8 Å². The van der Waals surface area contributed by atoms with Crippen molar-refractivity contribution >= 4 is 5.97 Å². The van der Waals surface area contributed by atoms with Crippen LogP contribution in [-0.4, -0.2) is 30.7 Å². The third-order valence-corrected chi connectivity index (χ3v) is 2.67. The van der Waals surface area contributed by atoms with Gasteiger partial charge in [-0.2, -0.15) is 0 Å². The molecule has 0 radical (unpaired) electrons. The summed E-state index contributed by atoms with van der Waals surface area (Å²) in [7, 11) is 2.03. The zero-order valence-corrected chi connectivity index (χ0v) is 8.58. The van der Waals surface area contributed by atoms with Crippen molar-refractivity contribution in [2.45, 2.75) is 45.1 Å². The van der Waals surface area contributed by atoms with Gasteiger partial charge in [0.1, 0.15) is 6.73 Å². The Morgan fingerprint density at radius 3 is 2.54 bits per heavy atom. The molecule has 0 atom stereocenters. The van der Waals surface area contributed by atoms with Crippen LogP contribution in [0.1, 0.15) is 39.0 Å². The number of carbonyl (C=O) groups excluding carboxylic acids is 1. The summed E-state index contributed by atoms with van der Waals surface area (Å²) in [5, 5.41) is 0. The predicted octanol–water partition coefficient (Wildman–Crippen LogP) is 1.77. The van der Waals surface area contributed by atoms with Crippen LogP contribution in [0.4, 0.5) is 0 Å². The average Bonchev–Trinajstić information content (AvgIpc) is 2.15. The molecule has 0 heterocycles. The lowest BCUT2D eigenvalue weighted by Gasteiger charge is -2.30. The summed E-state index contributed by atoms with van der Waals surface area (Å²) in [5.41, 5.74) is 0. The molecule has 1 aliphatic carbocycles. The van der Waals surface area contributed by atoms with E-state index in [1.165, 1.54) is 39.0 Å². The summed E-state index contributed by atoms with van der Waals surface area (Å²) in [6.45, 7) is 1.90. The van der Waals surface area contributed by atoms with Gasteiger partial charge >= 0.3 is 5.97 Å². The Hall–Kier alpha value is -0.570. The van der Waals surface area contributed by atoms with Gasteiger partial charge in [-0.1, -0.05) is 19.3 Å². The molecule has 1 fully saturated rings. The maximum atomic E-state index is 10.6. The molecule has 1 saturated carbocycles. The van der Waals surface area contributed by atoms with Crippen molar-refractivity contribution in [2.24, 2.45) is 0 Å². The summed E-state index contributed by atoms with van der Waals surface area (Å²) in [5.74, 6) is -0.192. The van der Waals surface area contributed by atoms with Gasteiger partial charge in [0.2, 0.25) is 0 Å². The SMILES string of the molecule is CC(=O)OCN(C)C1CCCCC1. The van der Waals surface area contributed by atoms with Gasteiger partial charge in [0, 0.05) is 13.0 Å². The van der Waals surface area contributed by atoms with E-state index in [9.17, 15) is 4.79 Å². The maximum Gasteiger partial charge on any atom is 0.303 e. The quantitative estimate of drug-likeness (QED) is 0.496. The summed E-state index contributed by atoms with van der Waals surface area (Å²) in [6.07, 6.45) is 6.48. The molecule has 0 amide bonds. The number of hydrogen-bond acceptors (Lipinski definition) is 3. The maximum absolute atomic E-state index is 10.6. The van der Waals surface area contributed by atoms with Gasteiger partial charge < -0.3 is 4.74 Å². The number of carbonyl (C=O) groups is 1. The minimum Gasteiger partial charge on any atom is -0.450 e. The smallest absolute Gasteiger partial charge is 0.303 e. The minimum absolute atomic E-state index is 0.192. The van der Waals surface area contributed by atoms with Crippen LogP contribution < -0.4 is 0 Å². The molecule has 0 spiro atoms. The molecule has 1 rings (SSSR count). The van der Waals surface area contributed by atoms with Crippen molar-refractivity contribution < 1.29 is 9.53 Å². The van der Waals surface area contributed by atoms with E-state index in [4.69, 9.17) is 4.74 Å². The van der Waals surface area contributed by atoms with E-state index in [1.807, 2.05) is 7.05 Å². The van der Waals surface area contributed by atoms with E-state index in [-0.39, 0.29) is 5.97 Å². The molecular weight excluding hydrogens is 166 g/mol. The van der Waals surface area contributed by atoms with Crippen molar-refractivity contribution in [1.82, 2.24) is 4.90 Å². The lowest BCUT2D eigenvalue weighted by Crippen LogP contribution is -2.35. The topological polar surface area (TPSA) is 29.5 Å². The number of nitrogens with zero attached hydrogens (tertiary/aromatic N) is 1. The molecule has 3 heteroatoms. The van der Waals surface area contributed by atoms with E-state index in [0.717, 1.165) is 0 Å². The normalized spacial score (nSPS) is 19.0. The molecule has 0 aliphatic heterocycles. The van der Waals surface area contributed by atoms with Crippen molar-refractivity contribution in [3.05, 3.63) is 0 Å². The fourth-order valence-corrected chi connectivity index (χ4v) is 1.82. The first kappa shape index (κ1) is 10.5. The first-order chi connectivity index (χ1) is 6.20. The summed E-state index contributed by atoms with van der Waals surface area (Å²) in [6, 6.07) is 0.619. The largest absolute Gasteiger partial charge is 0.450 e. The summed E-state index contributed by atoms with van der Waals surface area (Å²) >= 11 is 0. The van der Waals surface area contributed by atoms with Crippen molar-refractivity contribution in [2.75, 3.05) is 13.8 Å². The third-order valence-electron chi connectivity index (χ3n) is 2.67. The highest BCUT2D eigenvalue weighted by molar-refractivity contribution is 5.65. The Balaban J connectivity index is 2.20. The van der Waals surface area contributed by atoms with Gasteiger partial charge in [-0.05, 0) is 19.9 Å². The van der Waals surface area contributed by atoms with Crippen LogP contribution in [-0.2, 0) is 9.53 Å². The number of esters is 1. The number of hydrogen-bond donors (Lipinski definition) is 0. The van der Waals surface area contributed by atoms with Gasteiger partial charge in [0.15, 0.2) is 0 Å². The second kappa shape index (κ2) is 5.22. The van der Waals surface area contributed by atoms with Crippen molar-refractivity contribution in [1.29, 1.82) is 0 Å². The highest BCUT2D eigenvalue weighted by Gasteiger charge is 2.17. The van der Waals surface area contributed by atoms with Crippen LogP contribution in [0, 0.1) is 0 Å². The van der Waals surface area contributed by atoms with E-state index in [1.54, 1.807) is 0 Å². The van der Waals surface area contributed by atoms with Gasteiger partial charge in [0.05, 0.1) is 0 Å². The van der Waals surface area contributed by atoms with E-state index >= 15 is 0 Å². The standard InChI is InChI=1S/C10H19NO2/c1-9(12)13-8-11(2)10-6-4-3-5-7-10/h10H,3-8H2,1-2H3. The molecule has 0 aromatic carbocycles. The molecule has 0 saturated heterocycles. The van der Waals surface area contributed by atoms with E-state index < -0.39 is 0 Å². The lowest BCUT2D eigenvalue weighted by molar-refractivity contribution is -0.146. The molecule has 3 nitrogen and oxygen atoms in total. The zero-order chi connectivity index (χ0) is 9.68. The van der Waals surface area contributed by atoms with Gasteiger partial charge in [-0.3, -0.25) is 9.69 Å². The zero-order valence-electron chi connectivity index (χ0n) is 8.58. The molecular formula is C10H19NO2. The number of rotatable bonds is 3. The molecule has 0 N–H and O–H groups in total. The first-order valence-electron chi connectivity index (χ1n) is 5.04. The minimum atomic E-state index is -0.192. The molecule has 0 bridgehead atoms. The Labute approximate surface area is 80.1 Å². The van der Waals surface area contributed by atoms with Crippen LogP contribution in [0.15, 0.2) is 0 Å². The van der Waals surface area contributed by atoms with Gasteiger partial charge in [0.25, 0.3) is 0 Å². The monoisotopic (exact) mass is 185 g/mol. The second-order valence-electron chi connectivity index (χ2n) is 3.81. The van der Waals surface area contributed by atoms with Crippen LogP contribution in [0.5, 0.6) is 0 Å². The van der Waals surface area contributed by atoms with Crippen molar-refractivity contribution in [3.63, 3.8) is 0 Å². The highest BCUT2D eigenvalue weighted by Crippen LogP contribution is 2.21. The van der Waals surface area contributed by atoms with Crippen LogP contribution in [0.3, 0.4) is 0 Å². The average molecular weight is 185 g/mol. The molecule has 0 aromatic rings. The number of ether oxygens (including phenoxy) is 1. The second-order valence-corrected chi connectivity index (χ2v) is 3.81. The molecule has 0 aromatic heterocycles. The highest BCUT2D eigenvalue weighted by atomic mass is 16.5. The fraction of sp³-hybridized carbons (Fsp3) is 0.900. The van der Waals surface area contributed by atoms with E-state index in [2.05, 4.69) is 4.90 Å². The fourth-order valence-electron chi connectivity index (χ4n) is 1.82. The first-order valence-corrected chi connectivity index (χ1v) is 5.04. The third kappa shape index (κ3) is 3.77.